The molecule has 5 rings (SSSR count). The zero-order valence-electron chi connectivity index (χ0n) is 18.8. The summed E-state index contributed by atoms with van der Waals surface area (Å²) in [5.41, 5.74) is 6.64. The number of nitrogens with zero attached hydrogens (tertiary/aromatic N) is 1. The van der Waals surface area contributed by atoms with Gasteiger partial charge in [-0.25, -0.2) is 0 Å². The molecule has 33 heavy (non-hydrogen) atoms. The Morgan fingerprint density at radius 3 is 2.55 bits per heavy atom. The van der Waals surface area contributed by atoms with Gasteiger partial charge in [0, 0.05) is 11.4 Å². The molecule has 1 N–H and O–H groups in total. The molecule has 0 saturated carbocycles. The average molecular weight is 457 g/mol. The van der Waals surface area contributed by atoms with E-state index >= 15 is 0 Å². The number of aryl methyl sites for hydroxylation is 2. The number of hydrogen-bond acceptors (Lipinski definition) is 3. The van der Waals surface area contributed by atoms with Gasteiger partial charge in [-0.2, -0.15) is 0 Å². The molecule has 1 heterocycles. The lowest BCUT2D eigenvalue weighted by Gasteiger charge is -2.25. The average Bonchev–Trinajstić information content (AvgIpc) is 3.46. The maximum Gasteiger partial charge on any atom is 0.238 e. The van der Waals surface area contributed by atoms with E-state index in [0.717, 1.165) is 41.8 Å². The van der Waals surface area contributed by atoms with Crippen molar-refractivity contribution in [2.45, 2.75) is 43.9 Å². The molecule has 2 atom stereocenters. The number of rotatable bonds is 6. The van der Waals surface area contributed by atoms with Gasteiger partial charge in [0.15, 0.2) is 0 Å². The predicted octanol–water partition coefficient (Wildman–Crippen LogP) is 6.09. The van der Waals surface area contributed by atoms with E-state index in [1.165, 1.54) is 17.5 Å². The van der Waals surface area contributed by atoms with E-state index in [0.29, 0.717) is 5.75 Å². The van der Waals surface area contributed by atoms with Crippen LogP contribution in [0.2, 0.25) is 0 Å². The second-order valence-corrected chi connectivity index (χ2v) is 9.78. The SMILES string of the molecule is CC[C@H](C(=O)Nc1ccc([C@@H]2SCC(=O)N2c2ccc3c(c2)CCC3)cc1)c1ccccc1. The molecule has 5 heteroatoms. The number of hydrogen-bond donors (Lipinski definition) is 1. The molecule has 2 aliphatic rings. The van der Waals surface area contributed by atoms with Crippen molar-refractivity contribution in [3.63, 3.8) is 0 Å². The highest BCUT2D eigenvalue weighted by atomic mass is 32.2. The molecular formula is C28H28N2O2S. The third-order valence-electron chi connectivity index (χ3n) is 6.62. The fourth-order valence-corrected chi connectivity index (χ4v) is 6.05. The number of anilines is 2. The van der Waals surface area contributed by atoms with Crippen LogP contribution in [0.5, 0.6) is 0 Å². The lowest BCUT2D eigenvalue weighted by molar-refractivity contribution is -0.118. The minimum absolute atomic E-state index is 0.00152. The van der Waals surface area contributed by atoms with E-state index in [1.54, 1.807) is 11.8 Å². The highest BCUT2D eigenvalue weighted by Gasteiger charge is 2.34. The van der Waals surface area contributed by atoms with Crippen LogP contribution in [-0.4, -0.2) is 17.6 Å². The van der Waals surface area contributed by atoms with Gasteiger partial charge in [0.1, 0.15) is 5.37 Å². The van der Waals surface area contributed by atoms with E-state index in [4.69, 9.17) is 0 Å². The molecule has 0 unspecified atom stereocenters. The summed E-state index contributed by atoms with van der Waals surface area (Å²) in [7, 11) is 0. The van der Waals surface area contributed by atoms with Crippen LogP contribution in [0.1, 0.15) is 53.3 Å². The Balaban J connectivity index is 1.32. The molecule has 3 aromatic rings. The monoisotopic (exact) mass is 456 g/mol. The van der Waals surface area contributed by atoms with Crippen molar-refractivity contribution >= 4 is 35.0 Å². The number of benzene rings is 3. The molecule has 3 aromatic carbocycles. The molecule has 0 aromatic heterocycles. The van der Waals surface area contributed by atoms with E-state index in [2.05, 4.69) is 23.5 Å². The van der Waals surface area contributed by atoms with Gasteiger partial charge in [-0.1, -0.05) is 55.5 Å². The summed E-state index contributed by atoms with van der Waals surface area (Å²) in [4.78, 5) is 27.6. The van der Waals surface area contributed by atoms with E-state index < -0.39 is 0 Å². The number of amides is 2. The van der Waals surface area contributed by atoms with Crippen LogP contribution in [0.4, 0.5) is 11.4 Å². The van der Waals surface area contributed by atoms with Crippen LogP contribution < -0.4 is 10.2 Å². The van der Waals surface area contributed by atoms with Gasteiger partial charge in [0.2, 0.25) is 11.8 Å². The molecule has 4 nitrogen and oxygen atoms in total. The van der Waals surface area contributed by atoms with Crippen molar-refractivity contribution in [2.24, 2.45) is 0 Å². The first-order valence-electron chi connectivity index (χ1n) is 11.7. The molecule has 0 spiro atoms. The van der Waals surface area contributed by atoms with Gasteiger partial charge in [-0.05, 0) is 72.2 Å². The first kappa shape index (κ1) is 21.8. The molecule has 1 fully saturated rings. The summed E-state index contributed by atoms with van der Waals surface area (Å²) < 4.78 is 0. The zero-order valence-corrected chi connectivity index (χ0v) is 19.6. The summed E-state index contributed by atoms with van der Waals surface area (Å²) in [6.45, 7) is 2.03. The summed E-state index contributed by atoms with van der Waals surface area (Å²) >= 11 is 1.65. The first-order chi connectivity index (χ1) is 16.1. The van der Waals surface area contributed by atoms with Crippen molar-refractivity contribution < 1.29 is 9.59 Å². The second kappa shape index (κ2) is 9.44. The van der Waals surface area contributed by atoms with E-state index in [9.17, 15) is 9.59 Å². The molecular weight excluding hydrogens is 428 g/mol. The van der Waals surface area contributed by atoms with Crippen molar-refractivity contribution in [3.05, 3.63) is 95.1 Å². The van der Waals surface area contributed by atoms with Crippen LogP contribution in [-0.2, 0) is 22.4 Å². The minimum Gasteiger partial charge on any atom is -0.326 e. The van der Waals surface area contributed by atoms with Gasteiger partial charge < -0.3 is 5.32 Å². The van der Waals surface area contributed by atoms with Crippen LogP contribution in [0.3, 0.4) is 0 Å². The normalized spacial score (nSPS) is 18.3. The van der Waals surface area contributed by atoms with Crippen molar-refractivity contribution in [1.29, 1.82) is 0 Å². The van der Waals surface area contributed by atoms with Crippen molar-refractivity contribution in [1.82, 2.24) is 0 Å². The van der Waals surface area contributed by atoms with Gasteiger partial charge in [0.05, 0.1) is 11.7 Å². The Morgan fingerprint density at radius 1 is 1.03 bits per heavy atom. The van der Waals surface area contributed by atoms with Crippen LogP contribution in [0, 0.1) is 0 Å². The maximum absolute atomic E-state index is 12.9. The smallest absolute Gasteiger partial charge is 0.238 e. The molecule has 0 radical (unpaired) electrons. The molecule has 1 aliphatic heterocycles. The van der Waals surface area contributed by atoms with Crippen molar-refractivity contribution in [3.8, 4) is 0 Å². The fraction of sp³-hybridized carbons (Fsp3) is 0.286. The Bertz CT molecular complexity index is 1160. The third-order valence-corrected chi connectivity index (χ3v) is 7.83. The highest BCUT2D eigenvalue weighted by molar-refractivity contribution is 8.00. The van der Waals surface area contributed by atoms with Crippen LogP contribution in [0.15, 0.2) is 72.8 Å². The number of nitrogens with one attached hydrogen (secondary N) is 1. The Kier molecular flexibility index (Phi) is 6.23. The van der Waals surface area contributed by atoms with E-state index in [1.807, 2.05) is 66.4 Å². The summed E-state index contributed by atoms with van der Waals surface area (Å²) in [5, 5.41) is 3.02. The van der Waals surface area contributed by atoms with Gasteiger partial charge in [0.25, 0.3) is 0 Å². The highest BCUT2D eigenvalue weighted by Crippen LogP contribution is 2.43. The molecule has 1 aliphatic carbocycles. The van der Waals surface area contributed by atoms with E-state index in [-0.39, 0.29) is 23.1 Å². The number of carbonyl (C=O) groups excluding carboxylic acids is 2. The second-order valence-electron chi connectivity index (χ2n) is 8.72. The first-order valence-corrected chi connectivity index (χ1v) is 12.7. The van der Waals surface area contributed by atoms with Crippen LogP contribution >= 0.6 is 11.8 Å². The minimum atomic E-state index is -0.177. The van der Waals surface area contributed by atoms with Gasteiger partial charge >= 0.3 is 0 Å². The Labute approximate surface area is 199 Å². The molecule has 168 valence electrons. The Morgan fingerprint density at radius 2 is 1.79 bits per heavy atom. The fourth-order valence-electron chi connectivity index (χ4n) is 4.88. The lowest BCUT2D eigenvalue weighted by Crippen LogP contribution is -2.28. The summed E-state index contributed by atoms with van der Waals surface area (Å²) in [5.74, 6) is 0.454. The molecule has 0 bridgehead atoms. The lowest BCUT2D eigenvalue weighted by atomic mass is 9.95. The number of fused-ring (bicyclic) bond motifs is 1. The van der Waals surface area contributed by atoms with Gasteiger partial charge in [-0.15, -0.1) is 11.8 Å². The molecule has 2 amide bonds. The summed E-state index contributed by atoms with van der Waals surface area (Å²) in [6, 6.07) is 24.3. The van der Waals surface area contributed by atoms with Gasteiger partial charge in [-0.3, -0.25) is 14.5 Å². The summed E-state index contributed by atoms with van der Waals surface area (Å²) in [6.07, 6.45) is 4.17. The number of carbonyl (C=O) groups is 2. The predicted molar refractivity (Wildman–Crippen MR) is 136 cm³/mol. The number of thioether (sulfide) groups is 1. The Hall–Kier alpha value is -3.05. The molecule has 1 saturated heterocycles. The quantitative estimate of drug-likeness (QED) is 0.489. The van der Waals surface area contributed by atoms with Crippen LogP contribution in [0.25, 0.3) is 0 Å². The maximum atomic E-state index is 12.9. The zero-order chi connectivity index (χ0) is 22.8. The third kappa shape index (κ3) is 4.42. The largest absolute Gasteiger partial charge is 0.326 e. The van der Waals surface area contributed by atoms with Crippen molar-refractivity contribution in [2.75, 3.05) is 16.0 Å². The topological polar surface area (TPSA) is 49.4 Å². The standard InChI is InChI=1S/C28H28N2O2S/c1-2-25(20-7-4-3-5-8-20)27(32)29-23-14-11-21(12-15-23)28-30(26(31)18-33-28)24-16-13-19-9-6-10-22(19)17-24/h3-5,7-8,11-17,25,28H,2,6,9-10,18H2,1H3,(H,29,32)/t25-,28-/m0/s1.